The molecule has 3 rings (SSSR count). The number of carbonyl (C=O) groups is 1. The first-order valence-corrected chi connectivity index (χ1v) is 7.07. The summed E-state index contributed by atoms with van der Waals surface area (Å²) in [5, 5.41) is 6.50. The second-order valence-electron chi connectivity index (χ2n) is 5.57. The summed E-state index contributed by atoms with van der Waals surface area (Å²) < 4.78 is 0. The molecule has 2 aliphatic heterocycles. The largest absolute Gasteiger partial charge is 0.351 e. The molecule has 0 aromatic heterocycles. The lowest BCUT2D eigenvalue weighted by molar-refractivity contribution is -0.122. The number of carbonyl (C=O) groups excluding carboxylic acids is 1. The number of nitrogens with zero attached hydrogens (tertiary/aromatic N) is 1. The predicted molar refractivity (Wildman–Crippen MR) is 74.6 cm³/mol. The zero-order chi connectivity index (χ0) is 13.1. The van der Waals surface area contributed by atoms with E-state index in [1.54, 1.807) is 0 Å². The monoisotopic (exact) mass is 259 g/mol. The van der Waals surface area contributed by atoms with E-state index >= 15 is 0 Å². The van der Waals surface area contributed by atoms with Gasteiger partial charge in [0.2, 0.25) is 5.91 Å². The van der Waals surface area contributed by atoms with Crippen LogP contribution in [-0.4, -0.2) is 43.0 Å². The van der Waals surface area contributed by atoms with E-state index in [0.29, 0.717) is 19.1 Å². The summed E-state index contributed by atoms with van der Waals surface area (Å²) in [6, 6.07) is 10.7. The van der Waals surface area contributed by atoms with Crippen LogP contribution in [0.5, 0.6) is 0 Å². The van der Waals surface area contributed by atoms with Gasteiger partial charge in [-0.3, -0.25) is 9.69 Å². The van der Waals surface area contributed by atoms with Crippen molar-refractivity contribution in [3.8, 4) is 0 Å². The van der Waals surface area contributed by atoms with Crippen molar-refractivity contribution in [2.24, 2.45) is 5.92 Å². The molecule has 2 heterocycles. The third-order valence-corrected chi connectivity index (χ3v) is 4.14. The lowest BCUT2D eigenvalue weighted by Gasteiger charge is -2.16. The Morgan fingerprint density at radius 1 is 1.32 bits per heavy atom. The molecular weight excluding hydrogens is 238 g/mol. The predicted octanol–water partition coefficient (Wildman–Crippen LogP) is 0.597. The first-order valence-electron chi connectivity index (χ1n) is 7.07. The second kappa shape index (κ2) is 5.72. The van der Waals surface area contributed by atoms with Gasteiger partial charge in [-0.1, -0.05) is 30.3 Å². The van der Waals surface area contributed by atoms with Crippen molar-refractivity contribution in [3.05, 3.63) is 35.9 Å². The normalized spacial score (nSPS) is 26.3. The maximum Gasteiger partial charge on any atom is 0.234 e. The smallest absolute Gasteiger partial charge is 0.234 e. The van der Waals surface area contributed by atoms with Crippen LogP contribution in [-0.2, 0) is 11.3 Å². The average molecular weight is 259 g/mol. The number of hydrogen-bond donors (Lipinski definition) is 2. The number of hydrogen-bond acceptors (Lipinski definition) is 3. The molecule has 1 amide bonds. The van der Waals surface area contributed by atoms with Gasteiger partial charge in [0, 0.05) is 25.7 Å². The van der Waals surface area contributed by atoms with E-state index < -0.39 is 0 Å². The van der Waals surface area contributed by atoms with Crippen LogP contribution < -0.4 is 10.6 Å². The number of nitrogens with one attached hydrogen (secondary N) is 2. The topological polar surface area (TPSA) is 44.4 Å². The minimum absolute atomic E-state index is 0.129. The van der Waals surface area contributed by atoms with E-state index in [9.17, 15) is 4.79 Å². The minimum atomic E-state index is 0.129. The van der Waals surface area contributed by atoms with Crippen LogP contribution in [0.3, 0.4) is 0 Å². The van der Waals surface area contributed by atoms with Crippen molar-refractivity contribution in [3.63, 3.8) is 0 Å². The third-order valence-electron chi connectivity index (χ3n) is 4.14. The van der Waals surface area contributed by atoms with Crippen molar-refractivity contribution in [2.75, 3.05) is 26.2 Å². The Hall–Kier alpha value is -1.39. The van der Waals surface area contributed by atoms with Crippen molar-refractivity contribution < 1.29 is 4.79 Å². The Balaban J connectivity index is 1.42. The van der Waals surface area contributed by atoms with Crippen LogP contribution in [0.15, 0.2) is 30.3 Å². The van der Waals surface area contributed by atoms with Gasteiger partial charge in [0.25, 0.3) is 0 Å². The zero-order valence-corrected chi connectivity index (χ0v) is 11.1. The molecule has 2 N–H and O–H groups in total. The SMILES string of the molecule is O=C(CN1C[C@@H]2CCN[C@@H]2C1)NCc1ccccc1. The van der Waals surface area contributed by atoms with Crippen LogP contribution in [0.4, 0.5) is 0 Å². The van der Waals surface area contributed by atoms with Gasteiger partial charge in [-0.05, 0) is 24.4 Å². The quantitative estimate of drug-likeness (QED) is 0.832. The van der Waals surface area contributed by atoms with Crippen LogP contribution in [0.1, 0.15) is 12.0 Å². The molecule has 0 bridgehead atoms. The molecule has 102 valence electrons. The molecule has 0 aliphatic carbocycles. The standard InChI is InChI=1S/C15H21N3O/c19-15(17-8-12-4-2-1-3-5-12)11-18-9-13-6-7-16-14(13)10-18/h1-5,13-14,16H,6-11H2,(H,17,19)/t13-,14+/m0/s1. The molecule has 4 heteroatoms. The molecule has 2 fully saturated rings. The van der Waals surface area contributed by atoms with Gasteiger partial charge in [-0.2, -0.15) is 0 Å². The Bertz CT molecular complexity index is 422. The molecule has 1 aromatic rings. The highest BCUT2D eigenvalue weighted by Gasteiger charge is 2.36. The Morgan fingerprint density at radius 2 is 2.16 bits per heavy atom. The lowest BCUT2D eigenvalue weighted by Crippen LogP contribution is -2.37. The molecule has 0 unspecified atom stereocenters. The van der Waals surface area contributed by atoms with Crippen molar-refractivity contribution >= 4 is 5.91 Å². The van der Waals surface area contributed by atoms with E-state index in [-0.39, 0.29) is 5.91 Å². The van der Waals surface area contributed by atoms with E-state index in [1.165, 1.54) is 6.42 Å². The summed E-state index contributed by atoms with van der Waals surface area (Å²) in [4.78, 5) is 14.2. The maximum atomic E-state index is 11.9. The van der Waals surface area contributed by atoms with E-state index in [4.69, 9.17) is 0 Å². The molecule has 2 saturated heterocycles. The highest BCUT2D eigenvalue weighted by atomic mass is 16.2. The lowest BCUT2D eigenvalue weighted by atomic mass is 10.1. The van der Waals surface area contributed by atoms with Crippen molar-refractivity contribution in [2.45, 2.75) is 19.0 Å². The molecule has 19 heavy (non-hydrogen) atoms. The highest BCUT2D eigenvalue weighted by molar-refractivity contribution is 5.78. The summed E-state index contributed by atoms with van der Waals surface area (Å²) in [6.07, 6.45) is 1.26. The molecular formula is C15H21N3O. The van der Waals surface area contributed by atoms with Gasteiger partial charge in [0.15, 0.2) is 0 Å². The second-order valence-corrected chi connectivity index (χ2v) is 5.57. The third kappa shape index (κ3) is 3.14. The molecule has 0 spiro atoms. The fourth-order valence-corrected chi connectivity index (χ4v) is 3.12. The molecule has 2 aliphatic rings. The number of benzene rings is 1. The maximum absolute atomic E-state index is 11.9. The Kier molecular flexibility index (Phi) is 3.80. The minimum Gasteiger partial charge on any atom is -0.351 e. The number of rotatable bonds is 4. The van der Waals surface area contributed by atoms with Gasteiger partial charge in [0.1, 0.15) is 0 Å². The molecule has 1 aromatic carbocycles. The summed E-state index contributed by atoms with van der Waals surface area (Å²) >= 11 is 0. The number of fused-ring (bicyclic) bond motifs is 1. The van der Waals surface area contributed by atoms with E-state index in [0.717, 1.165) is 31.1 Å². The van der Waals surface area contributed by atoms with Crippen LogP contribution in [0.2, 0.25) is 0 Å². The number of amides is 1. The van der Waals surface area contributed by atoms with Crippen LogP contribution >= 0.6 is 0 Å². The summed E-state index contributed by atoms with van der Waals surface area (Å²) in [5.41, 5.74) is 1.15. The summed E-state index contributed by atoms with van der Waals surface area (Å²) in [6.45, 7) is 4.38. The summed E-state index contributed by atoms with van der Waals surface area (Å²) in [7, 11) is 0. The highest BCUT2D eigenvalue weighted by Crippen LogP contribution is 2.23. The Morgan fingerprint density at radius 3 is 2.95 bits per heavy atom. The van der Waals surface area contributed by atoms with Crippen LogP contribution in [0, 0.1) is 5.92 Å². The fourth-order valence-electron chi connectivity index (χ4n) is 3.12. The van der Waals surface area contributed by atoms with Gasteiger partial charge in [-0.25, -0.2) is 0 Å². The van der Waals surface area contributed by atoms with Crippen LogP contribution in [0.25, 0.3) is 0 Å². The molecule has 4 nitrogen and oxygen atoms in total. The fraction of sp³-hybridized carbons (Fsp3) is 0.533. The van der Waals surface area contributed by atoms with Gasteiger partial charge in [-0.15, -0.1) is 0 Å². The molecule has 0 radical (unpaired) electrons. The first kappa shape index (κ1) is 12.6. The average Bonchev–Trinajstić information content (AvgIpc) is 2.98. The van der Waals surface area contributed by atoms with Gasteiger partial charge >= 0.3 is 0 Å². The van der Waals surface area contributed by atoms with Crippen molar-refractivity contribution in [1.29, 1.82) is 0 Å². The summed E-state index contributed by atoms with van der Waals surface area (Å²) in [5.74, 6) is 0.880. The Labute approximate surface area is 114 Å². The van der Waals surface area contributed by atoms with Gasteiger partial charge < -0.3 is 10.6 Å². The number of likely N-dealkylation sites (tertiary alicyclic amines) is 1. The van der Waals surface area contributed by atoms with Gasteiger partial charge in [0.05, 0.1) is 6.54 Å². The van der Waals surface area contributed by atoms with E-state index in [2.05, 4.69) is 15.5 Å². The van der Waals surface area contributed by atoms with E-state index in [1.807, 2.05) is 30.3 Å². The molecule has 2 atom stereocenters. The zero-order valence-electron chi connectivity index (χ0n) is 11.1. The molecule has 0 saturated carbocycles. The first-order chi connectivity index (χ1) is 9.31. The van der Waals surface area contributed by atoms with Crippen molar-refractivity contribution in [1.82, 2.24) is 15.5 Å².